The van der Waals surface area contributed by atoms with E-state index in [1.165, 1.54) is 12.1 Å². The summed E-state index contributed by atoms with van der Waals surface area (Å²) in [5.41, 5.74) is 1.46. The molecule has 2 aromatic carbocycles. The Balaban J connectivity index is 2.16. The molecule has 0 bridgehead atoms. The number of methoxy groups -OCH3 is 2. The molecule has 0 heterocycles. The molecule has 0 radical (unpaired) electrons. The second kappa shape index (κ2) is 8.19. The lowest BCUT2D eigenvalue weighted by atomic mass is 10.1. The average Bonchev–Trinajstić information content (AvgIpc) is 2.62. The van der Waals surface area contributed by atoms with E-state index in [2.05, 4.69) is 10.6 Å². The van der Waals surface area contributed by atoms with Crippen LogP contribution in [0.15, 0.2) is 36.4 Å². The van der Waals surface area contributed by atoms with Gasteiger partial charge in [0, 0.05) is 11.6 Å². The predicted molar refractivity (Wildman–Crippen MR) is 97.9 cm³/mol. The Hall–Kier alpha value is -3.29. The number of nitro groups is 1. The molecular formula is C18H21N3O5. The smallest absolute Gasteiger partial charge is 0.319 e. The van der Waals surface area contributed by atoms with Gasteiger partial charge in [-0.05, 0) is 38.1 Å². The number of urea groups is 1. The van der Waals surface area contributed by atoms with E-state index in [1.54, 1.807) is 52.3 Å². The van der Waals surface area contributed by atoms with Crippen LogP contribution in [0, 0.1) is 17.0 Å². The van der Waals surface area contributed by atoms with Gasteiger partial charge in [0.2, 0.25) is 0 Å². The van der Waals surface area contributed by atoms with E-state index in [4.69, 9.17) is 9.47 Å². The van der Waals surface area contributed by atoms with Gasteiger partial charge in [0.15, 0.2) is 0 Å². The molecule has 0 saturated heterocycles. The van der Waals surface area contributed by atoms with Gasteiger partial charge < -0.3 is 20.1 Å². The first-order valence-electron chi connectivity index (χ1n) is 7.90. The van der Waals surface area contributed by atoms with Gasteiger partial charge in [-0.25, -0.2) is 4.79 Å². The largest absolute Gasteiger partial charge is 0.497 e. The van der Waals surface area contributed by atoms with E-state index < -0.39 is 11.0 Å². The normalized spacial score (nSPS) is 11.4. The highest BCUT2D eigenvalue weighted by Crippen LogP contribution is 2.29. The summed E-state index contributed by atoms with van der Waals surface area (Å²) in [6.45, 7) is 3.39. The second-order valence-electron chi connectivity index (χ2n) is 5.63. The molecule has 8 heteroatoms. The van der Waals surface area contributed by atoms with Crippen molar-refractivity contribution in [3.05, 3.63) is 57.6 Å². The molecule has 8 nitrogen and oxygen atoms in total. The van der Waals surface area contributed by atoms with Crippen LogP contribution in [-0.2, 0) is 0 Å². The van der Waals surface area contributed by atoms with Crippen LogP contribution in [-0.4, -0.2) is 25.2 Å². The van der Waals surface area contributed by atoms with E-state index >= 15 is 0 Å². The van der Waals surface area contributed by atoms with Gasteiger partial charge in [0.05, 0.1) is 36.4 Å². The van der Waals surface area contributed by atoms with Crippen molar-refractivity contribution >= 4 is 17.4 Å². The molecule has 2 N–H and O–H groups in total. The molecule has 0 fully saturated rings. The van der Waals surface area contributed by atoms with Gasteiger partial charge in [-0.1, -0.05) is 6.07 Å². The van der Waals surface area contributed by atoms with Crippen LogP contribution in [0.2, 0.25) is 0 Å². The summed E-state index contributed by atoms with van der Waals surface area (Å²) in [6, 6.07) is 8.97. The molecule has 0 saturated carbocycles. The molecule has 0 aliphatic carbocycles. The molecule has 1 atom stereocenters. The molecule has 138 valence electrons. The van der Waals surface area contributed by atoms with E-state index in [0.29, 0.717) is 22.7 Å². The number of hydrogen-bond acceptors (Lipinski definition) is 5. The Kier molecular flexibility index (Phi) is 6.00. The monoisotopic (exact) mass is 359 g/mol. The van der Waals surface area contributed by atoms with Crippen molar-refractivity contribution in [1.29, 1.82) is 0 Å². The zero-order chi connectivity index (χ0) is 19.3. The van der Waals surface area contributed by atoms with Gasteiger partial charge in [0.25, 0.3) is 5.69 Å². The highest BCUT2D eigenvalue weighted by Gasteiger charge is 2.18. The zero-order valence-electron chi connectivity index (χ0n) is 15.0. The van der Waals surface area contributed by atoms with E-state index in [9.17, 15) is 14.9 Å². The van der Waals surface area contributed by atoms with Gasteiger partial charge in [-0.3, -0.25) is 10.1 Å². The predicted octanol–water partition coefficient (Wildman–Crippen LogP) is 3.80. The molecule has 0 aliphatic rings. The van der Waals surface area contributed by atoms with Crippen LogP contribution in [0.4, 0.5) is 16.2 Å². The maximum atomic E-state index is 12.3. The number of nitrogens with zero attached hydrogens (tertiary/aromatic N) is 1. The van der Waals surface area contributed by atoms with E-state index in [-0.39, 0.29) is 11.7 Å². The zero-order valence-corrected chi connectivity index (χ0v) is 15.0. The molecule has 0 spiro atoms. The van der Waals surface area contributed by atoms with E-state index in [0.717, 1.165) is 5.56 Å². The minimum atomic E-state index is -0.484. The first-order valence-corrected chi connectivity index (χ1v) is 7.90. The number of benzene rings is 2. The van der Waals surface area contributed by atoms with Crippen LogP contribution >= 0.6 is 0 Å². The van der Waals surface area contributed by atoms with Gasteiger partial charge in [-0.15, -0.1) is 0 Å². The molecule has 2 amide bonds. The maximum Gasteiger partial charge on any atom is 0.319 e. The molecule has 0 aromatic heterocycles. The Morgan fingerprint density at radius 3 is 2.54 bits per heavy atom. The first-order chi connectivity index (χ1) is 12.4. The standard InChI is InChI=1S/C18H21N3O5/c1-11-15(6-5-7-16(11)21(23)24)20-18(22)19-12(2)14-10-13(25-3)8-9-17(14)26-4/h5-10,12H,1-4H3,(H2,19,20,22). The van der Waals surface area contributed by atoms with Crippen molar-refractivity contribution in [2.45, 2.75) is 19.9 Å². The number of rotatable bonds is 6. The van der Waals surface area contributed by atoms with E-state index in [1.807, 2.05) is 0 Å². The summed E-state index contributed by atoms with van der Waals surface area (Å²) in [5.74, 6) is 1.26. The van der Waals surface area contributed by atoms with Gasteiger partial charge in [-0.2, -0.15) is 0 Å². The molecule has 0 aliphatic heterocycles. The second-order valence-corrected chi connectivity index (χ2v) is 5.63. The third-order valence-electron chi connectivity index (χ3n) is 4.00. The van der Waals surface area contributed by atoms with Crippen molar-refractivity contribution in [1.82, 2.24) is 5.32 Å². The fourth-order valence-corrected chi connectivity index (χ4v) is 2.57. The van der Waals surface area contributed by atoms with Crippen molar-refractivity contribution in [3.8, 4) is 11.5 Å². The highest BCUT2D eigenvalue weighted by molar-refractivity contribution is 5.91. The summed E-state index contributed by atoms with van der Waals surface area (Å²) < 4.78 is 10.5. The Morgan fingerprint density at radius 2 is 1.92 bits per heavy atom. The third kappa shape index (κ3) is 4.21. The molecular weight excluding hydrogens is 338 g/mol. The summed E-state index contributed by atoms with van der Waals surface area (Å²) in [7, 11) is 3.10. The van der Waals surface area contributed by atoms with Crippen LogP contribution in [0.1, 0.15) is 24.1 Å². The van der Waals surface area contributed by atoms with Crippen molar-refractivity contribution in [3.63, 3.8) is 0 Å². The van der Waals surface area contributed by atoms with Crippen molar-refractivity contribution in [2.75, 3.05) is 19.5 Å². The number of anilines is 1. The summed E-state index contributed by atoms with van der Waals surface area (Å²) >= 11 is 0. The third-order valence-corrected chi connectivity index (χ3v) is 4.00. The number of carbonyl (C=O) groups excluding carboxylic acids is 1. The Bertz CT molecular complexity index is 822. The van der Waals surface area contributed by atoms with Crippen molar-refractivity contribution in [2.24, 2.45) is 0 Å². The number of amides is 2. The molecule has 1 unspecified atom stereocenters. The lowest BCUT2D eigenvalue weighted by Crippen LogP contribution is -2.31. The number of ether oxygens (including phenoxy) is 2. The minimum Gasteiger partial charge on any atom is -0.497 e. The van der Waals surface area contributed by atoms with Crippen LogP contribution in [0.5, 0.6) is 11.5 Å². The topological polar surface area (TPSA) is 103 Å². The fourth-order valence-electron chi connectivity index (χ4n) is 2.57. The number of nitro benzene ring substituents is 1. The number of carbonyl (C=O) groups is 1. The van der Waals surface area contributed by atoms with Gasteiger partial charge >= 0.3 is 6.03 Å². The SMILES string of the molecule is COc1ccc(OC)c(C(C)NC(=O)Nc2cccc([N+](=O)[O-])c2C)c1. The minimum absolute atomic E-state index is 0.0506. The number of hydrogen-bond donors (Lipinski definition) is 2. The van der Waals surface area contributed by atoms with Crippen LogP contribution in [0.3, 0.4) is 0 Å². The summed E-state index contributed by atoms with van der Waals surface area (Å²) in [6.07, 6.45) is 0. The highest BCUT2D eigenvalue weighted by atomic mass is 16.6. The summed E-state index contributed by atoms with van der Waals surface area (Å²) in [4.78, 5) is 22.8. The Morgan fingerprint density at radius 1 is 1.19 bits per heavy atom. The molecule has 2 aromatic rings. The molecule has 2 rings (SSSR count). The first kappa shape index (κ1) is 19.0. The quantitative estimate of drug-likeness (QED) is 0.603. The molecule has 26 heavy (non-hydrogen) atoms. The number of nitrogens with one attached hydrogen (secondary N) is 2. The van der Waals surface area contributed by atoms with Crippen molar-refractivity contribution < 1.29 is 19.2 Å². The fraction of sp³-hybridized carbons (Fsp3) is 0.278. The lowest BCUT2D eigenvalue weighted by molar-refractivity contribution is -0.385. The maximum absolute atomic E-state index is 12.3. The Labute approximate surface area is 151 Å². The van der Waals surface area contributed by atoms with Crippen LogP contribution in [0.25, 0.3) is 0 Å². The lowest BCUT2D eigenvalue weighted by Gasteiger charge is -2.19. The van der Waals surface area contributed by atoms with Gasteiger partial charge in [0.1, 0.15) is 11.5 Å². The average molecular weight is 359 g/mol. The van der Waals surface area contributed by atoms with Crippen LogP contribution < -0.4 is 20.1 Å². The summed E-state index contributed by atoms with van der Waals surface area (Å²) in [5, 5.41) is 16.4.